The van der Waals surface area contributed by atoms with E-state index in [-0.39, 0.29) is 0 Å². The molecule has 0 bridgehead atoms. The molecule has 3 rings (SSSR count). The predicted molar refractivity (Wildman–Crippen MR) is 85.4 cm³/mol. The lowest BCUT2D eigenvalue weighted by atomic mass is 10.2. The van der Waals surface area contributed by atoms with Crippen LogP contribution < -0.4 is 5.32 Å². The summed E-state index contributed by atoms with van der Waals surface area (Å²) in [7, 11) is -3.32. The lowest BCUT2D eigenvalue weighted by Crippen LogP contribution is -2.52. The van der Waals surface area contributed by atoms with Gasteiger partial charge < -0.3 is 5.32 Å². The maximum atomic E-state index is 12.8. The van der Waals surface area contributed by atoms with E-state index in [0.29, 0.717) is 24.0 Å². The number of aryl methyl sites for hydroxylation is 2. The molecule has 1 aromatic heterocycles. The van der Waals surface area contributed by atoms with Crippen molar-refractivity contribution >= 4 is 21.4 Å². The normalized spacial score (nSPS) is 25.5. The summed E-state index contributed by atoms with van der Waals surface area (Å²) in [6.07, 6.45) is 1.18. The topological polar surface area (TPSA) is 52.7 Å². The van der Waals surface area contributed by atoms with E-state index < -0.39 is 10.0 Å². The molecule has 1 aromatic rings. The Kier molecular flexibility index (Phi) is 4.38. The third-order valence-electron chi connectivity index (χ3n) is 4.44. The standard InChI is InChI=1S/C14H23N3O2S2/c1-11-9-14(12(2)20-11)21(18,19)17-7-5-16(6-8-17)13-3-4-15-10-13/h9,13,15H,3-8,10H2,1-2H3. The first-order valence-corrected chi connectivity index (χ1v) is 9.76. The van der Waals surface area contributed by atoms with Crippen molar-refractivity contribution in [2.75, 3.05) is 39.3 Å². The van der Waals surface area contributed by atoms with Crippen LogP contribution in [0.25, 0.3) is 0 Å². The quantitative estimate of drug-likeness (QED) is 0.900. The van der Waals surface area contributed by atoms with Gasteiger partial charge >= 0.3 is 0 Å². The van der Waals surface area contributed by atoms with Crippen molar-refractivity contribution in [1.82, 2.24) is 14.5 Å². The van der Waals surface area contributed by atoms with Crippen LogP contribution in [0.4, 0.5) is 0 Å². The van der Waals surface area contributed by atoms with E-state index in [0.717, 1.165) is 35.9 Å². The molecule has 5 nitrogen and oxygen atoms in total. The molecular weight excluding hydrogens is 306 g/mol. The van der Waals surface area contributed by atoms with E-state index >= 15 is 0 Å². The van der Waals surface area contributed by atoms with Gasteiger partial charge in [-0.1, -0.05) is 0 Å². The van der Waals surface area contributed by atoms with Crippen molar-refractivity contribution in [2.45, 2.75) is 31.2 Å². The molecule has 0 spiro atoms. The number of hydrogen-bond donors (Lipinski definition) is 1. The first-order valence-electron chi connectivity index (χ1n) is 7.50. The Labute approximate surface area is 131 Å². The number of thiophene rings is 1. The molecule has 1 unspecified atom stereocenters. The largest absolute Gasteiger partial charge is 0.315 e. The first-order chi connectivity index (χ1) is 9.98. The Morgan fingerprint density at radius 1 is 1.24 bits per heavy atom. The van der Waals surface area contributed by atoms with Gasteiger partial charge in [0.15, 0.2) is 0 Å². The Bertz CT molecular complexity index is 598. The van der Waals surface area contributed by atoms with E-state index in [1.165, 1.54) is 6.42 Å². The van der Waals surface area contributed by atoms with Crippen molar-refractivity contribution in [3.63, 3.8) is 0 Å². The van der Waals surface area contributed by atoms with Crippen LogP contribution in [-0.4, -0.2) is 62.9 Å². The van der Waals surface area contributed by atoms with Gasteiger partial charge in [-0.2, -0.15) is 4.31 Å². The van der Waals surface area contributed by atoms with E-state index in [4.69, 9.17) is 0 Å². The summed E-state index contributed by atoms with van der Waals surface area (Å²) in [5, 5.41) is 3.38. The van der Waals surface area contributed by atoms with Gasteiger partial charge in [0.2, 0.25) is 10.0 Å². The van der Waals surface area contributed by atoms with Crippen LogP contribution in [0.1, 0.15) is 16.2 Å². The van der Waals surface area contributed by atoms with Crippen molar-refractivity contribution < 1.29 is 8.42 Å². The van der Waals surface area contributed by atoms with Crippen LogP contribution in [0.15, 0.2) is 11.0 Å². The maximum absolute atomic E-state index is 12.8. The highest BCUT2D eigenvalue weighted by Gasteiger charge is 2.33. The zero-order chi connectivity index (χ0) is 15.0. The minimum Gasteiger partial charge on any atom is -0.315 e. The molecule has 118 valence electrons. The SMILES string of the molecule is Cc1cc(S(=O)(=O)N2CCN(C3CCNC3)CC2)c(C)s1. The average molecular weight is 329 g/mol. The number of sulfonamides is 1. The van der Waals surface area contributed by atoms with Gasteiger partial charge in [-0.25, -0.2) is 8.42 Å². The molecule has 2 aliphatic heterocycles. The second-order valence-corrected chi connectivity index (χ2v) is 9.23. The van der Waals surface area contributed by atoms with Gasteiger partial charge in [-0.05, 0) is 32.9 Å². The van der Waals surface area contributed by atoms with Crippen LogP contribution in [0.5, 0.6) is 0 Å². The average Bonchev–Trinajstić information content (AvgIpc) is 3.09. The van der Waals surface area contributed by atoms with Gasteiger partial charge in [-0.15, -0.1) is 11.3 Å². The molecule has 0 amide bonds. The third kappa shape index (κ3) is 3.03. The second kappa shape index (κ2) is 5.96. The maximum Gasteiger partial charge on any atom is 0.244 e. The fourth-order valence-electron chi connectivity index (χ4n) is 3.26. The fourth-order valence-corrected chi connectivity index (χ4v) is 6.21. The van der Waals surface area contributed by atoms with Crippen molar-refractivity contribution in [2.24, 2.45) is 0 Å². The minimum atomic E-state index is -3.32. The highest BCUT2D eigenvalue weighted by Crippen LogP contribution is 2.28. The lowest BCUT2D eigenvalue weighted by Gasteiger charge is -2.37. The molecule has 2 fully saturated rings. The molecule has 0 aliphatic carbocycles. The second-order valence-electron chi connectivity index (χ2n) is 5.86. The zero-order valence-electron chi connectivity index (χ0n) is 12.6. The van der Waals surface area contributed by atoms with Crippen LogP contribution in [0.2, 0.25) is 0 Å². The van der Waals surface area contributed by atoms with Gasteiger partial charge in [0, 0.05) is 48.5 Å². The molecule has 1 atom stereocenters. The summed E-state index contributed by atoms with van der Waals surface area (Å²) in [6, 6.07) is 2.39. The van der Waals surface area contributed by atoms with Crippen LogP contribution in [0.3, 0.4) is 0 Å². The molecule has 0 saturated carbocycles. The smallest absolute Gasteiger partial charge is 0.244 e. The molecule has 1 N–H and O–H groups in total. The number of hydrogen-bond acceptors (Lipinski definition) is 5. The van der Waals surface area contributed by atoms with Crippen LogP contribution >= 0.6 is 11.3 Å². The van der Waals surface area contributed by atoms with Crippen molar-refractivity contribution in [3.05, 3.63) is 15.8 Å². The van der Waals surface area contributed by atoms with E-state index in [1.54, 1.807) is 15.6 Å². The highest BCUT2D eigenvalue weighted by atomic mass is 32.2. The monoisotopic (exact) mass is 329 g/mol. The summed E-state index contributed by atoms with van der Waals surface area (Å²) in [4.78, 5) is 4.88. The van der Waals surface area contributed by atoms with E-state index in [2.05, 4.69) is 10.2 Å². The number of nitrogens with one attached hydrogen (secondary N) is 1. The van der Waals surface area contributed by atoms with Gasteiger partial charge in [0.1, 0.15) is 0 Å². The first kappa shape index (κ1) is 15.4. The fraction of sp³-hybridized carbons (Fsp3) is 0.714. The van der Waals surface area contributed by atoms with Gasteiger partial charge in [-0.3, -0.25) is 4.90 Å². The molecule has 7 heteroatoms. The Morgan fingerprint density at radius 3 is 2.48 bits per heavy atom. The predicted octanol–water partition coefficient (Wildman–Crippen LogP) is 1.03. The summed E-state index contributed by atoms with van der Waals surface area (Å²) in [5.74, 6) is 0. The molecule has 0 aromatic carbocycles. The molecule has 3 heterocycles. The summed E-state index contributed by atoms with van der Waals surface area (Å²) in [5.41, 5.74) is 0. The minimum absolute atomic E-state index is 0.501. The Balaban J connectivity index is 1.69. The number of piperazine rings is 1. The molecule has 21 heavy (non-hydrogen) atoms. The zero-order valence-corrected chi connectivity index (χ0v) is 14.3. The third-order valence-corrected chi connectivity index (χ3v) is 7.56. The summed E-state index contributed by atoms with van der Waals surface area (Å²) >= 11 is 1.56. The molecule has 2 saturated heterocycles. The Hall–Kier alpha value is -0.470. The molecular formula is C14H23N3O2S2. The Morgan fingerprint density at radius 2 is 1.95 bits per heavy atom. The highest BCUT2D eigenvalue weighted by molar-refractivity contribution is 7.89. The molecule has 2 aliphatic rings. The van der Waals surface area contributed by atoms with Gasteiger partial charge in [0.25, 0.3) is 0 Å². The summed E-state index contributed by atoms with van der Waals surface area (Å²) in [6.45, 7) is 8.86. The van der Waals surface area contributed by atoms with Crippen LogP contribution in [0, 0.1) is 13.8 Å². The van der Waals surface area contributed by atoms with E-state index in [9.17, 15) is 8.42 Å². The van der Waals surface area contributed by atoms with Crippen molar-refractivity contribution in [3.8, 4) is 0 Å². The van der Waals surface area contributed by atoms with E-state index in [1.807, 2.05) is 19.9 Å². The number of rotatable bonds is 3. The molecule has 0 radical (unpaired) electrons. The lowest BCUT2D eigenvalue weighted by molar-refractivity contribution is 0.145. The van der Waals surface area contributed by atoms with Gasteiger partial charge in [0.05, 0.1) is 4.90 Å². The van der Waals surface area contributed by atoms with Crippen LogP contribution in [-0.2, 0) is 10.0 Å². The van der Waals surface area contributed by atoms with Crippen molar-refractivity contribution in [1.29, 1.82) is 0 Å². The summed E-state index contributed by atoms with van der Waals surface area (Å²) < 4.78 is 27.2. The number of nitrogens with zero attached hydrogens (tertiary/aromatic N) is 2.